The van der Waals surface area contributed by atoms with Gasteiger partial charge in [0.1, 0.15) is 11.5 Å². The number of amides is 1. The van der Waals surface area contributed by atoms with Crippen molar-refractivity contribution in [3.8, 4) is 5.75 Å². The largest absolute Gasteiger partial charge is 0.497 e. The topological polar surface area (TPSA) is 68.3 Å². The van der Waals surface area contributed by atoms with E-state index >= 15 is 0 Å². The zero-order valence-corrected chi connectivity index (χ0v) is 20.0. The van der Waals surface area contributed by atoms with E-state index in [0.717, 1.165) is 29.9 Å². The van der Waals surface area contributed by atoms with Crippen LogP contribution < -0.4 is 4.74 Å². The van der Waals surface area contributed by atoms with Crippen LogP contribution in [0, 0.1) is 11.3 Å². The van der Waals surface area contributed by atoms with Crippen LogP contribution in [-0.4, -0.2) is 67.7 Å². The Bertz CT molecular complexity index is 956. The fourth-order valence-electron chi connectivity index (χ4n) is 5.73. The van der Waals surface area contributed by atoms with Gasteiger partial charge in [0.15, 0.2) is 0 Å². The summed E-state index contributed by atoms with van der Waals surface area (Å²) in [5, 5.41) is 0. The second-order valence-corrected chi connectivity index (χ2v) is 8.99. The van der Waals surface area contributed by atoms with Crippen molar-refractivity contribution >= 4 is 11.9 Å². The van der Waals surface area contributed by atoms with Gasteiger partial charge in [0.25, 0.3) is 5.91 Å². The minimum Gasteiger partial charge on any atom is -0.497 e. The highest BCUT2D eigenvalue weighted by atomic mass is 16.5. The van der Waals surface area contributed by atoms with Gasteiger partial charge in [0, 0.05) is 25.6 Å². The molecule has 1 amide bonds. The van der Waals surface area contributed by atoms with E-state index in [0.29, 0.717) is 26.2 Å². The number of methoxy groups -OCH3 is 2. The minimum atomic E-state index is -1.36. The average Bonchev–Trinajstić information content (AvgIpc) is 3.24. The van der Waals surface area contributed by atoms with Crippen LogP contribution in [-0.2, 0) is 25.6 Å². The minimum absolute atomic E-state index is 0.0245. The Morgan fingerprint density at radius 1 is 1.15 bits per heavy atom. The van der Waals surface area contributed by atoms with Gasteiger partial charge in [-0.25, -0.2) is 4.79 Å². The van der Waals surface area contributed by atoms with Crippen molar-refractivity contribution in [3.63, 3.8) is 0 Å². The van der Waals surface area contributed by atoms with Crippen LogP contribution in [0.5, 0.6) is 5.75 Å². The van der Waals surface area contributed by atoms with Crippen molar-refractivity contribution in [3.05, 3.63) is 53.8 Å². The Balaban J connectivity index is 1.78. The first-order valence-corrected chi connectivity index (χ1v) is 11.8. The Labute approximate surface area is 196 Å². The Kier molecular flexibility index (Phi) is 6.52. The molecule has 1 spiro atoms. The van der Waals surface area contributed by atoms with E-state index in [-0.39, 0.29) is 18.4 Å². The molecule has 0 saturated carbocycles. The molecular weight excluding hydrogens is 420 g/mol. The van der Waals surface area contributed by atoms with Crippen LogP contribution >= 0.6 is 0 Å². The third-order valence-corrected chi connectivity index (χ3v) is 7.31. The lowest BCUT2D eigenvalue weighted by molar-refractivity contribution is -0.165. The maximum Gasteiger partial charge on any atom is 0.337 e. The van der Waals surface area contributed by atoms with Crippen LogP contribution in [0.15, 0.2) is 48.3 Å². The normalized spacial score (nSPS) is 28.4. The van der Waals surface area contributed by atoms with Gasteiger partial charge < -0.3 is 19.1 Å². The summed E-state index contributed by atoms with van der Waals surface area (Å²) in [4.78, 5) is 31.8. The number of hydrogen-bond donors (Lipinski definition) is 0. The monoisotopic (exact) mass is 454 g/mol. The van der Waals surface area contributed by atoms with Gasteiger partial charge in [-0.05, 0) is 49.7 Å². The fraction of sp³-hybridized carbons (Fsp3) is 0.538. The molecule has 1 aromatic rings. The molecule has 0 unspecified atom stereocenters. The van der Waals surface area contributed by atoms with Crippen molar-refractivity contribution < 1.29 is 23.8 Å². The first-order chi connectivity index (χ1) is 16.0. The zero-order chi connectivity index (χ0) is 23.6. The third-order valence-electron chi connectivity index (χ3n) is 7.31. The molecule has 1 aliphatic carbocycles. The van der Waals surface area contributed by atoms with Crippen molar-refractivity contribution in [2.45, 2.75) is 38.8 Å². The molecule has 7 nitrogen and oxygen atoms in total. The molecule has 0 N–H and O–H groups in total. The maximum atomic E-state index is 14.2. The number of likely N-dealkylation sites (tertiary alicyclic amines) is 2. The molecule has 0 aromatic heterocycles. The highest BCUT2D eigenvalue weighted by Gasteiger charge is 2.76. The molecule has 2 heterocycles. The van der Waals surface area contributed by atoms with Crippen molar-refractivity contribution in [1.29, 1.82) is 0 Å². The van der Waals surface area contributed by atoms with Crippen LogP contribution in [0.2, 0.25) is 0 Å². The summed E-state index contributed by atoms with van der Waals surface area (Å²) in [7, 11) is 3.27. The smallest absolute Gasteiger partial charge is 0.337 e. The summed E-state index contributed by atoms with van der Waals surface area (Å²) in [6.07, 6.45) is 7.89. The van der Waals surface area contributed by atoms with Gasteiger partial charge in [-0.2, -0.15) is 0 Å². The van der Waals surface area contributed by atoms with Gasteiger partial charge >= 0.3 is 5.97 Å². The lowest BCUT2D eigenvalue weighted by atomic mass is 9.65. The number of allylic oxidation sites excluding steroid dienone is 1. The predicted molar refractivity (Wildman–Crippen MR) is 124 cm³/mol. The number of benzene rings is 1. The van der Waals surface area contributed by atoms with Crippen molar-refractivity contribution in [1.82, 2.24) is 9.80 Å². The summed E-state index contributed by atoms with van der Waals surface area (Å²) in [5.74, 6) is 0.896. The lowest BCUT2D eigenvalue weighted by Gasteiger charge is -2.40. The summed E-state index contributed by atoms with van der Waals surface area (Å²) in [6, 6.07) is 7.70. The van der Waals surface area contributed by atoms with Crippen LogP contribution in [0.25, 0.3) is 0 Å². The van der Waals surface area contributed by atoms with Crippen LogP contribution in [0.4, 0.5) is 0 Å². The first kappa shape index (κ1) is 23.4. The molecule has 7 heteroatoms. The molecular formula is C26H34N2O5. The van der Waals surface area contributed by atoms with Gasteiger partial charge in [0.05, 0.1) is 26.2 Å². The molecule has 0 bridgehead atoms. The molecule has 178 valence electrons. The standard InChI is InChI=1S/C26H34N2O5/c1-5-7-14-28-17-20-15-22(32-4)12-13-25(20)18-27(16-19-8-10-21(31-3)11-9-19)23(29)26(25,28)24(30)33-6-2/h8-13,15,20H,5-7,14,16-18H2,1-4H3/t20-,25-,26-/m0/s1. The SMILES string of the molecule is CCCCN1C[C@@H]2C=C(OC)C=C[C@]23CN(Cc2ccc(OC)cc2)C(=O)[C@@]13C(=O)OCC. The maximum absolute atomic E-state index is 14.2. The Morgan fingerprint density at radius 3 is 2.55 bits per heavy atom. The summed E-state index contributed by atoms with van der Waals surface area (Å²) < 4.78 is 16.4. The van der Waals surface area contributed by atoms with Gasteiger partial charge in [-0.15, -0.1) is 0 Å². The number of unbranched alkanes of at least 4 members (excludes halogenated alkanes) is 1. The van der Waals surface area contributed by atoms with E-state index in [1.165, 1.54) is 0 Å². The molecule has 33 heavy (non-hydrogen) atoms. The van der Waals surface area contributed by atoms with Gasteiger partial charge in [-0.1, -0.05) is 31.6 Å². The molecule has 4 rings (SSSR count). The van der Waals surface area contributed by atoms with E-state index < -0.39 is 16.9 Å². The number of carbonyl (C=O) groups is 2. The van der Waals surface area contributed by atoms with Gasteiger partial charge in [0.2, 0.25) is 5.54 Å². The molecule has 2 fully saturated rings. The van der Waals surface area contributed by atoms with Crippen molar-refractivity contribution in [2.24, 2.45) is 11.3 Å². The second kappa shape index (κ2) is 9.21. The Morgan fingerprint density at radius 2 is 1.91 bits per heavy atom. The second-order valence-electron chi connectivity index (χ2n) is 8.99. The van der Waals surface area contributed by atoms with Crippen LogP contribution in [0.1, 0.15) is 32.3 Å². The van der Waals surface area contributed by atoms with E-state index in [1.807, 2.05) is 41.3 Å². The van der Waals surface area contributed by atoms with E-state index in [9.17, 15) is 9.59 Å². The van der Waals surface area contributed by atoms with E-state index in [4.69, 9.17) is 14.2 Å². The molecule has 2 saturated heterocycles. The highest BCUT2D eigenvalue weighted by molar-refractivity contribution is 6.11. The molecule has 1 aromatic carbocycles. The van der Waals surface area contributed by atoms with E-state index in [2.05, 4.69) is 17.9 Å². The number of esters is 1. The van der Waals surface area contributed by atoms with Crippen LogP contribution in [0.3, 0.4) is 0 Å². The van der Waals surface area contributed by atoms with Crippen molar-refractivity contribution in [2.75, 3.05) is 40.5 Å². The highest BCUT2D eigenvalue weighted by Crippen LogP contribution is 2.58. The summed E-state index contributed by atoms with van der Waals surface area (Å²) >= 11 is 0. The molecule has 0 radical (unpaired) electrons. The first-order valence-electron chi connectivity index (χ1n) is 11.8. The number of hydrogen-bond acceptors (Lipinski definition) is 6. The number of carbonyl (C=O) groups excluding carboxylic acids is 2. The van der Waals surface area contributed by atoms with Gasteiger partial charge in [-0.3, -0.25) is 9.69 Å². The fourth-order valence-corrected chi connectivity index (χ4v) is 5.73. The molecule has 2 aliphatic heterocycles. The number of rotatable bonds is 9. The predicted octanol–water partition coefficient (Wildman–Crippen LogP) is 3.16. The number of ether oxygens (including phenoxy) is 3. The zero-order valence-electron chi connectivity index (χ0n) is 20.0. The summed E-state index contributed by atoms with van der Waals surface area (Å²) in [6.45, 7) is 6.31. The Hall–Kier alpha value is -2.80. The lowest BCUT2D eigenvalue weighted by Crippen LogP contribution is -2.63. The van der Waals surface area contributed by atoms with E-state index in [1.54, 1.807) is 21.1 Å². The molecule has 3 atom stereocenters. The average molecular weight is 455 g/mol. The third kappa shape index (κ3) is 3.53. The summed E-state index contributed by atoms with van der Waals surface area (Å²) in [5.41, 5.74) is -1.07. The number of nitrogens with zero attached hydrogens (tertiary/aromatic N) is 2. The quantitative estimate of drug-likeness (QED) is 0.422. The molecule has 3 aliphatic rings.